The first kappa shape index (κ1) is 16.5. The van der Waals surface area contributed by atoms with E-state index in [1.807, 2.05) is 19.9 Å². The molecule has 1 aromatic rings. The van der Waals surface area contributed by atoms with E-state index in [9.17, 15) is 9.59 Å². The van der Waals surface area contributed by atoms with Crippen molar-refractivity contribution in [2.45, 2.75) is 20.3 Å². The smallest absolute Gasteiger partial charge is 0.313 e. The zero-order chi connectivity index (χ0) is 15.1. The van der Waals surface area contributed by atoms with Crippen molar-refractivity contribution in [3.63, 3.8) is 0 Å². The summed E-state index contributed by atoms with van der Waals surface area (Å²) >= 11 is 6.07. The molecule has 1 aromatic carbocycles. The molecule has 6 heteroatoms. The zero-order valence-electron chi connectivity index (χ0n) is 11.9. The molecular formula is C14H19ClN2O3. The van der Waals surface area contributed by atoms with Crippen molar-refractivity contribution in [1.82, 2.24) is 5.32 Å². The van der Waals surface area contributed by atoms with Crippen molar-refractivity contribution < 1.29 is 14.3 Å². The second-order valence-corrected chi connectivity index (χ2v) is 4.90. The fraction of sp³-hybridized carbons (Fsp3) is 0.429. The first-order valence-corrected chi connectivity index (χ1v) is 6.68. The molecule has 0 radical (unpaired) electrons. The van der Waals surface area contributed by atoms with Crippen LogP contribution in [0, 0.1) is 13.8 Å². The van der Waals surface area contributed by atoms with Gasteiger partial charge in [0, 0.05) is 20.3 Å². The molecule has 0 fully saturated rings. The quantitative estimate of drug-likeness (QED) is 0.646. The fourth-order valence-electron chi connectivity index (χ4n) is 1.74. The lowest BCUT2D eigenvalue weighted by molar-refractivity contribution is -0.136. The maximum absolute atomic E-state index is 11.8. The van der Waals surface area contributed by atoms with Crippen LogP contribution in [0.25, 0.3) is 0 Å². The third-order valence-electron chi connectivity index (χ3n) is 2.69. The van der Waals surface area contributed by atoms with Crippen molar-refractivity contribution in [1.29, 1.82) is 0 Å². The van der Waals surface area contributed by atoms with Gasteiger partial charge in [-0.1, -0.05) is 17.7 Å². The van der Waals surface area contributed by atoms with E-state index in [1.54, 1.807) is 13.2 Å². The van der Waals surface area contributed by atoms with Gasteiger partial charge in [0.15, 0.2) is 0 Å². The summed E-state index contributed by atoms with van der Waals surface area (Å²) in [4.78, 5) is 23.3. The summed E-state index contributed by atoms with van der Waals surface area (Å²) < 4.78 is 4.85. The molecule has 2 N–H and O–H groups in total. The van der Waals surface area contributed by atoms with Crippen LogP contribution in [0.3, 0.4) is 0 Å². The van der Waals surface area contributed by atoms with Gasteiger partial charge in [-0.05, 0) is 37.5 Å². The summed E-state index contributed by atoms with van der Waals surface area (Å²) in [6, 6.07) is 3.62. The van der Waals surface area contributed by atoms with E-state index in [0.29, 0.717) is 30.3 Å². The number of carbonyl (C=O) groups excluding carboxylic acids is 2. The van der Waals surface area contributed by atoms with Crippen molar-refractivity contribution >= 4 is 29.1 Å². The van der Waals surface area contributed by atoms with Crippen LogP contribution in [0.1, 0.15) is 17.5 Å². The van der Waals surface area contributed by atoms with Crippen LogP contribution in [0.5, 0.6) is 0 Å². The molecule has 5 nitrogen and oxygen atoms in total. The first-order valence-electron chi connectivity index (χ1n) is 6.30. The van der Waals surface area contributed by atoms with E-state index >= 15 is 0 Å². The van der Waals surface area contributed by atoms with Gasteiger partial charge in [0.2, 0.25) is 0 Å². The molecule has 0 atom stereocenters. The van der Waals surface area contributed by atoms with Crippen molar-refractivity contribution in [3.8, 4) is 0 Å². The average Bonchev–Trinajstić information content (AvgIpc) is 2.38. The Morgan fingerprint density at radius 1 is 1.25 bits per heavy atom. The van der Waals surface area contributed by atoms with Crippen molar-refractivity contribution in [2.75, 3.05) is 25.6 Å². The Hall–Kier alpha value is -1.59. The van der Waals surface area contributed by atoms with Crippen LogP contribution in [0.2, 0.25) is 5.02 Å². The molecule has 0 spiro atoms. The normalized spacial score (nSPS) is 10.2. The standard InChI is InChI=1S/C14H19ClN2O3/c1-9-7-10(2)12(11(15)8-9)17-14(19)13(18)16-5-4-6-20-3/h7-8H,4-6H2,1-3H3,(H,16,18)(H,17,19). The van der Waals surface area contributed by atoms with Gasteiger partial charge in [-0.2, -0.15) is 0 Å². The number of aryl methyl sites for hydroxylation is 2. The minimum Gasteiger partial charge on any atom is -0.385 e. The summed E-state index contributed by atoms with van der Waals surface area (Å²) in [5.74, 6) is -1.41. The van der Waals surface area contributed by atoms with Crippen LogP contribution in [-0.4, -0.2) is 32.1 Å². The van der Waals surface area contributed by atoms with E-state index in [2.05, 4.69) is 10.6 Å². The van der Waals surface area contributed by atoms with Gasteiger partial charge in [0.1, 0.15) is 0 Å². The van der Waals surface area contributed by atoms with Gasteiger partial charge in [-0.15, -0.1) is 0 Å². The lowest BCUT2D eigenvalue weighted by Crippen LogP contribution is -2.36. The van der Waals surface area contributed by atoms with Crippen LogP contribution in [0.15, 0.2) is 12.1 Å². The van der Waals surface area contributed by atoms with Crippen LogP contribution >= 0.6 is 11.6 Å². The number of hydrogen-bond donors (Lipinski definition) is 2. The van der Waals surface area contributed by atoms with Crippen LogP contribution in [0.4, 0.5) is 5.69 Å². The summed E-state index contributed by atoms with van der Waals surface area (Å²) in [5, 5.41) is 5.47. The van der Waals surface area contributed by atoms with Gasteiger partial charge in [0.25, 0.3) is 0 Å². The Kier molecular flexibility index (Phi) is 6.48. The Balaban J connectivity index is 2.60. The number of anilines is 1. The number of rotatable bonds is 5. The second-order valence-electron chi connectivity index (χ2n) is 4.50. The van der Waals surface area contributed by atoms with Crippen LogP contribution in [-0.2, 0) is 14.3 Å². The summed E-state index contributed by atoms with van der Waals surface area (Å²) in [6.45, 7) is 4.66. The molecule has 0 aliphatic rings. The Bertz CT molecular complexity index is 480. The topological polar surface area (TPSA) is 67.4 Å². The molecule has 0 unspecified atom stereocenters. The number of benzene rings is 1. The molecule has 0 aliphatic carbocycles. The Labute approximate surface area is 123 Å². The highest BCUT2D eigenvalue weighted by Crippen LogP contribution is 2.27. The zero-order valence-corrected chi connectivity index (χ0v) is 12.6. The number of nitrogens with one attached hydrogen (secondary N) is 2. The molecule has 0 bridgehead atoms. The molecule has 110 valence electrons. The van der Waals surface area contributed by atoms with Gasteiger partial charge in [-0.25, -0.2) is 0 Å². The third kappa shape index (κ3) is 4.83. The number of halogens is 1. The van der Waals surface area contributed by atoms with Crippen molar-refractivity contribution in [3.05, 3.63) is 28.3 Å². The SMILES string of the molecule is COCCCNC(=O)C(=O)Nc1c(C)cc(C)cc1Cl. The number of carbonyl (C=O) groups is 2. The lowest BCUT2D eigenvalue weighted by Gasteiger charge is -2.11. The Morgan fingerprint density at radius 2 is 1.95 bits per heavy atom. The van der Waals surface area contributed by atoms with Gasteiger partial charge in [0.05, 0.1) is 10.7 Å². The molecule has 0 aromatic heterocycles. The Morgan fingerprint density at radius 3 is 2.55 bits per heavy atom. The van der Waals surface area contributed by atoms with Gasteiger partial charge >= 0.3 is 11.8 Å². The maximum atomic E-state index is 11.8. The second kappa shape index (κ2) is 7.87. The minimum absolute atomic E-state index is 0.390. The van der Waals surface area contributed by atoms with E-state index < -0.39 is 11.8 Å². The monoisotopic (exact) mass is 298 g/mol. The summed E-state index contributed by atoms with van der Waals surface area (Å²) in [5.41, 5.74) is 2.28. The number of methoxy groups -OCH3 is 1. The largest absolute Gasteiger partial charge is 0.385 e. The molecule has 20 heavy (non-hydrogen) atoms. The fourth-order valence-corrected chi connectivity index (χ4v) is 2.11. The van der Waals surface area contributed by atoms with E-state index in [-0.39, 0.29) is 0 Å². The van der Waals surface area contributed by atoms with E-state index in [4.69, 9.17) is 16.3 Å². The summed E-state index contributed by atoms with van der Waals surface area (Å²) in [7, 11) is 1.58. The molecule has 0 heterocycles. The van der Waals surface area contributed by atoms with Gasteiger partial charge < -0.3 is 15.4 Å². The maximum Gasteiger partial charge on any atom is 0.313 e. The highest BCUT2D eigenvalue weighted by Gasteiger charge is 2.16. The number of hydrogen-bond acceptors (Lipinski definition) is 3. The highest BCUT2D eigenvalue weighted by molar-refractivity contribution is 6.41. The number of ether oxygens (including phenoxy) is 1. The van der Waals surface area contributed by atoms with E-state index in [1.165, 1.54) is 0 Å². The van der Waals surface area contributed by atoms with Crippen LogP contribution < -0.4 is 10.6 Å². The highest BCUT2D eigenvalue weighted by atomic mass is 35.5. The molecule has 1 rings (SSSR count). The predicted molar refractivity (Wildman–Crippen MR) is 79.1 cm³/mol. The van der Waals surface area contributed by atoms with E-state index in [0.717, 1.165) is 11.1 Å². The average molecular weight is 299 g/mol. The molecule has 0 saturated carbocycles. The van der Waals surface area contributed by atoms with Crippen molar-refractivity contribution in [2.24, 2.45) is 0 Å². The number of amides is 2. The predicted octanol–water partition coefficient (Wildman–Crippen LogP) is 2.05. The minimum atomic E-state index is -0.726. The molecule has 0 aliphatic heterocycles. The lowest BCUT2D eigenvalue weighted by atomic mass is 10.1. The van der Waals surface area contributed by atoms with Gasteiger partial charge in [-0.3, -0.25) is 9.59 Å². The first-order chi connectivity index (χ1) is 9.45. The molecule has 2 amide bonds. The summed E-state index contributed by atoms with van der Waals surface area (Å²) in [6.07, 6.45) is 0.653. The molecule has 0 saturated heterocycles. The third-order valence-corrected chi connectivity index (χ3v) is 2.99. The molecular weight excluding hydrogens is 280 g/mol.